The van der Waals surface area contributed by atoms with Crippen LogP contribution in [0.25, 0.3) is 0 Å². The van der Waals surface area contributed by atoms with Crippen molar-refractivity contribution in [2.24, 2.45) is 22.7 Å². The Kier molecular flexibility index (Phi) is 4.33. The summed E-state index contributed by atoms with van der Waals surface area (Å²) in [6.45, 7) is 8.58. The molecule has 5 heteroatoms. The topological polar surface area (TPSA) is 53.9 Å². The summed E-state index contributed by atoms with van der Waals surface area (Å²) in [6, 6.07) is 0. The van der Waals surface area contributed by atoms with Crippen LogP contribution in [0.2, 0.25) is 0 Å². The number of amidine groups is 1. The first kappa shape index (κ1) is 15.6. The van der Waals surface area contributed by atoms with Gasteiger partial charge in [-0.1, -0.05) is 6.42 Å². The monoisotopic (exact) mass is 307 g/mol. The number of ether oxygens (including phenoxy) is 1. The van der Waals surface area contributed by atoms with Gasteiger partial charge < -0.3 is 10.1 Å². The van der Waals surface area contributed by atoms with Gasteiger partial charge in [0, 0.05) is 13.1 Å². The van der Waals surface area contributed by atoms with Gasteiger partial charge in [-0.05, 0) is 57.8 Å². The quantitative estimate of drug-likeness (QED) is 0.853. The maximum Gasteiger partial charge on any atom is 0.410 e. The van der Waals surface area contributed by atoms with Gasteiger partial charge in [-0.3, -0.25) is 9.89 Å². The van der Waals surface area contributed by atoms with Crippen molar-refractivity contribution in [1.82, 2.24) is 10.2 Å². The lowest BCUT2D eigenvalue weighted by Crippen LogP contribution is -2.48. The molecule has 124 valence electrons. The molecule has 0 aromatic carbocycles. The van der Waals surface area contributed by atoms with Gasteiger partial charge in [-0.2, -0.15) is 0 Å². The molecule has 3 aliphatic rings. The number of hydrogen-bond donors (Lipinski definition) is 1. The van der Waals surface area contributed by atoms with E-state index in [0.717, 1.165) is 30.1 Å². The van der Waals surface area contributed by atoms with E-state index in [9.17, 15) is 4.79 Å². The lowest BCUT2D eigenvalue weighted by Gasteiger charge is -2.30. The highest BCUT2D eigenvalue weighted by Crippen LogP contribution is 2.47. The number of fused-ring (bicyclic) bond motifs is 2. The molecule has 2 fully saturated rings. The molecule has 0 spiro atoms. The van der Waals surface area contributed by atoms with Crippen molar-refractivity contribution in [3.05, 3.63) is 0 Å². The van der Waals surface area contributed by atoms with E-state index < -0.39 is 5.60 Å². The summed E-state index contributed by atoms with van der Waals surface area (Å²) >= 11 is 0. The molecule has 1 amide bonds. The number of hydrogen-bond acceptors (Lipinski definition) is 4. The second-order valence-corrected chi connectivity index (χ2v) is 8.05. The predicted octanol–water partition coefficient (Wildman–Crippen LogP) is 2.66. The van der Waals surface area contributed by atoms with Crippen molar-refractivity contribution in [2.75, 3.05) is 26.2 Å². The fourth-order valence-electron chi connectivity index (χ4n) is 4.09. The van der Waals surface area contributed by atoms with Gasteiger partial charge in [-0.25, -0.2) is 4.79 Å². The molecule has 0 aromatic heterocycles. The molecule has 0 aromatic rings. The minimum absolute atomic E-state index is 0.235. The van der Waals surface area contributed by atoms with E-state index in [-0.39, 0.29) is 6.09 Å². The van der Waals surface area contributed by atoms with E-state index in [1.54, 1.807) is 4.90 Å². The van der Waals surface area contributed by atoms with E-state index in [1.165, 1.54) is 25.7 Å². The maximum atomic E-state index is 12.1. The van der Waals surface area contributed by atoms with E-state index in [2.05, 4.69) is 10.3 Å². The molecule has 22 heavy (non-hydrogen) atoms. The molecular formula is C17H29N3O2. The van der Waals surface area contributed by atoms with E-state index in [0.29, 0.717) is 19.6 Å². The second kappa shape index (κ2) is 6.09. The second-order valence-electron chi connectivity index (χ2n) is 8.05. The van der Waals surface area contributed by atoms with Crippen LogP contribution >= 0.6 is 0 Å². The third kappa shape index (κ3) is 3.73. The van der Waals surface area contributed by atoms with Gasteiger partial charge in [0.25, 0.3) is 0 Å². The summed E-state index contributed by atoms with van der Waals surface area (Å²) in [6.07, 6.45) is 5.42. The summed E-state index contributed by atoms with van der Waals surface area (Å²) in [5.74, 6) is 3.64. The van der Waals surface area contributed by atoms with Gasteiger partial charge in [0.15, 0.2) is 0 Å². The van der Waals surface area contributed by atoms with Gasteiger partial charge in [0.2, 0.25) is 0 Å². The highest BCUT2D eigenvalue weighted by molar-refractivity contribution is 5.87. The Morgan fingerprint density at radius 3 is 2.82 bits per heavy atom. The molecule has 2 bridgehead atoms. The zero-order chi connectivity index (χ0) is 15.7. The van der Waals surface area contributed by atoms with E-state index >= 15 is 0 Å². The lowest BCUT2D eigenvalue weighted by atomic mass is 9.89. The van der Waals surface area contributed by atoms with Gasteiger partial charge in [0.05, 0.1) is 13.1 Å². The number of amides is 1. The molecule has 2 aliphatic carbocycles. The van der Waals surface area contributed by atoms with Crippen LogP contribution in [0.15, 0.2) is 4.99 Å². The standard InChI is InChI=1S/C17H29N3O2/c1-17(2,3)22-16(21)20-7-6-18-15(11-20)19-10-14-9-12-4-5-13(14)8-12/h12-14H,4-11H2,1-3H3,(H,18,19). The SMILES string of the molecule is CC(C)(C)OC(=O)N1CCN=C(NCC2CC3CCC2C3)C1. The Hall–Kier alpha value is -1.26. The van der Waals surface area contributed by atoms with E-state index in [4.69, 9.17) is 4.74 Å². The maximum absolute atomic E-state index is 12.1. The minimum Gasteiger partial charge on any atom is -0.444 e. The van der Waals surface area contributed by atoms with Crippen LogP contribution in [-0.2, 0) is 4.74 Å². The summed E-state index contributed by atoms with van der Waals surface area (Å²) in [4.78, 5) is 18.4. The number of carbonyl (C=O) groups excluding carboxylic acids is 1. The number of carbonyl (C=O) groups is 1. The Morgan fingerprint density at radius 2 is 2.18 bits per heavy atom. The summed E-state index contributed by atoms with van der Waals surface area (Å²) in [5, 5.41) is 3.50. The van der Waals surface area contributed by atoms with Crippen LogP contribution in [0, 0.1) is 17.8 Å². The molecule has 3 rings (SSSR count). The normalized spacial score (nSPS) is 31.1. The van der Waals surface area contributed by atoms with Crippen molar-refractivity contribution in [2.45, 2.75) is 52.1 Å². The molecule has 3 unspecified atom stereocenters. The molecule has 0 radical (unpaired) electrons. The molecule has 1 N–H and O–H groups in total. The number of rotatable bonds is 2. The zero-order valence-electron chi connectivity index (χ0n) is 14.1. The van der Waals surface area contributed by atoms with Gasteiger partial charge >= 0.3 is 6.09 Å². The number of nitrogens with zero attached hydrogens (tertiary/aromatic N) is 2. The Balaban J connectivity index is 1.46. The first-order valence-corrected chi connectivity index (χ1v) is 8.66. The first-order valence-electron chi connectivity index (χ1n) is 8.66. The molecular weight excluding hydrogens is 278 g/mol. The third-order valence-corrected chi connectivity index (χ3v) is 5.12. The number of aliphatic imine (C=N–C) groups is 1. The zero-order valence-corrected chi connectivity index (χ0v) is 14.1. The largest absolute Gasteiger partial charge is 0.444 e. The van der Waals surface area contributed by atoms with Crippen LogP contribution in [0.3, 0.4) is 0 Å². The van der Waals surface area contributed by atoms with Crippen molar-refractivity contribution in [1.29, 1.82) is 0 Å². The fourth-order valence-corrected chi connectivity index (χ4v) is 4.09. The molecule has 3 atom stereocenters. The Bertz CT molecular complexity index is 455. The third-order valence-electron chi connectivity index (χ3n) is 5.12. The fraction of sp³-hybridized carbons (Fsp3) is 0.882. The van der Waals surface area contributed by atoms with Crippen molar-refractivity contribution >= 4 is 11.9 Å². The molecule has 1 aliphatic heterocycles. The average molecular weight is 307 g/mol. The van der Waals surface area contributed by atoms with E-state index in [1.807, 2.05) is 20.8 Å². The van der Waals surface area contributed by atoms with Crippen LogP contribution in [0.1, 0.15) is 46.5 Å². The highest BCUT2D eigenvalue weighted by Gasteiger charge is 2.39. The van der Waals surface area contributed by atoms with Crippen molar-refractivity contribution in [3.8, 4) is 0 Å². The summed E-state index contributed by atoms with van der Waals surface area (Å²) in [5.41, 5.74) is -0.442. The van der Waals surface area contributed by atoms with Gasteiger partial charge in [-0.15, -0.1) is 0 Å². The Morgan fingerprint density at radius 1 is 1.36 bits per heavy atom. The number of nitrogens with one attached hydrogen (secondary N) is 1. The smallest absolute Gasteiger partial charge is 0.410 e. The van der Waals surface area contributed by atoms with Crippen LogP contribution in [0.5, 0.6) is 0 Å². The highest BCUT2D eigenvalue weighted by atomic mass is 16.6. The van der Waals surface area contributed by atoms with Crippen molar-refractivity contribution in [3.63, 3.8) is 0 Å². The molecule has 5 nitrogen and oxygen atoms in total. The minimum atomic E-state index is -0.442. The van der Waals surface area contributed by atoms with Crippen LogP contribution in [-0.4, -0.2) is 48.6 Å². The molecule has 2 saturated carbocycles. The van der Waals surface area contributed by atoms with Crippen LogP contribution < -0.4 is 5.32 Å². The first-order chi connectivity index (χ1) is 10.4. The summed E-state index contributed by atoms with van der Waals surface area (Å²) in [7, 11) is 0. The molecule has 1 heterocycles. The Labute approximate surface area is 133 Å². The molecule has 0 saturated heterocycles. The van der Waals surface area contributed by atoms with Gasteiger partial charge in [0.1, 0.15) is 11.4 Å². The predicted molar refractivity (Wildman–Crippen MR) is 87.0 cm³/mol. The van der Waals surface area contributed by atoms with Crippen molar-refractivity contribution < 1.29 is 9.53 Å². The lowest BCUT2D eigenvalue weighted by molar-refractivity contribution is 0.0276. The average Bonchev–Trinajstić information content (AvgIpc) is 3.06. The van der Waals surface area contributed by atoms with Crippen LogP contribution in [0.4, 0.5) is 4.79 Å². The summed E-state index contributed by atoms with van der Waals surface area (Å²) < 4.78 is 5.45.